The number of rotatable bonds is 5. The molecule has 0 bridgehead atoms. The summed E-state index contributed by atoms with van der Waals surface area (Å²) in [6.45, 7) is 3.37. The van der Waals surface area contributed by atoms with Gasteiger partial charge < -0.3 is 29.6 Å². The number of aromatic nitrogens is 4. The van der Waals surface area contributed by atoms with Crippen molar-refractivity contribution in [3.8, 4) is 0 Å². The Bertz CT molecular complexity index is 1070. The zero-order chi connectivity index (χ0) is 22.7. The molecule has 13 nitrogen and oxygen atoms in total. The summed E-state index contributed by atoms with van der Waals surface area (Å²) in [6, 6.07) is 0. The second-order valence-electron chi connectivity index (χ2n) is 8.23. The Labute approximate surface area is 182 Å². The smallest absolute Gasteiger partial charge is 0.382 e. The molecule has 3 aliphatic heterocycles. The molecule has 176 valence electrons. The van der Waals surface area contributed by atoms with E-state index in [2.05, 4.69) is 15.0 Å². The van der Waals surface area contributed by atoms with E-state index in [0.29, 0.717) is 11.2 Å². The van der Waals surface area contributed by atoms with Gasteiger partial charge in [0, 0.05) is 13.1 Å². The Morgan fingerprint density at radius 3 is 2.78 bits per heavy atom. The standard InChI is InChI=1S/C17H24FN6O7P/c1-16(2)29-11-12(30-16)17(18,7-28-32(25,26)23-3-5-27-6-4-23)31-15(11)24-9-22-10-13(19)20-8-21-14(10)24/h8-9,11-12,15H,3-7H2,1-2H3,(H,25,26)(H2,19,20,21)/t11-,12+,15-,17-/m1/s1. The zero-order valence-electron chi connectivity index (χ0n) is 17.5. The number of imidazole rings is 1. The van der Waals surface area contributed by atoms with Gasteiger partial charge in [-0.15, -0.1) is 0 Å². The minimum Gasteiger partial charge on any atom is -0.382 e. The Morgan fingerprint density at radius 2 is 2.03 bits per heavy atom. The molecule has 3 aliphatic rings. The SMILES string of the molecule is CC1(C)O[C@H]2[C@H](n3cnc4c(N)ncnc43)O[C@](F)(COP(=O)(O)N3CCOCC3)[C@H]2O1. The van der Waals surface area contributed by atoms with Gasteiger partial charge in [-0.2, -0.15) is 0 Å². The lowest BCUT2D eigenvalue weighted by molar-refractivity contribution is -0.262. The van der Waals surface area contributed by atoms with Gasteiger partial charge in [0.2, 0.25) is 0 Å². The van der Waals surface area contributed by atoms with E-state index >= 15 is 4.39 Å². The first-order valence-corrected chi connectivity index (χ1v) is 11.6. The highest BCUT2D eigenvalue weighted by Crippen LogP contribution is 2.53. The highest BCUT2D eigenvalue weighted by molar-refractivity contribution is 7.50. The van der Waals surface area contributed by atoms with Crippen molar-refractivity contribution in [2.24, 2.45) is 0 Å². The Hall–Kier alpha value is -1.77. The van der Waals surface area contributed by atoms with Gasteiger partial charge in [0.15, 0.2) is 29.6 Å². The van der Waals surface area contributed by atoms with E-state index in [1.54, 1.807) is 13.8 Å². The van der Waals surface area contributed by atoms with Crippen molar-refractivity contribution in [1.82, 2.24) is 24.2 Å². The molecule has 0 radical (unpaired) electrons. The van der Waals surface area contributed by atoms with Gasteiger partial charge in [0.1, 0.15) is 24.6 Å². The van der Waals surface area contributed by atoms with Crippen LogP contribution < -0.4 is 5.73 Å². The number of nitrogen functional groups attached to an aromatic ring is 1. The molecule has 2 aromatic heterocycles. The quantitative estimate of drug-likeness (QED) is 0.582. The molecular formula is C17H24FN6O7P. The lowest BCUT2D eigenvalue weighted by Gasteiger charge is -2.32. The van der Waals surface area contributed by atoms with Crippen LogP contribution in [0.5, 0.6) is 0 Å². The van der Waals surface area contributed by atoms with E-state index in [1.807, 2.05) is 0 Å². The molecule has 0 saturated carbocycles. The van der Waals surface area contributed by atoms with Crippen LogP contribution in [-0.2, 0) is 28.0 Å². The zero-order valence-corrected chi connectivity index (χ0v) is 18.4. The van der Waals surface area contributed by atoms with Crippen LogP contribution in [0.15, 0.2) is 12.7 Å². The van der Waals surface area contributed by atoms with Crippen LogP contribution >= 0.6 is 7.75 Å². The molecule has 0 aliphatic carbocycles. The number of hydrogen-bond donors (Lipinski definition) is 2. The van der Waals surface area contributed by atoms with E-state index in [4.69, 9.17) is 29.2 Å². The van der Waals surface area contributed by atoms with E-state index in [-0.39, 0.29) is 32.1 Å². The second-order valence-corrected chi connectivity index (χ2v) is 10.0. The lowest BCUT2D eigenvalue weighted by atomic mass is 10.1. The van der Waals surface area contributed by atoms with Gasteiger partial charge in [0.05, 0.1) is 19.5 Å². The van der Waals surface area contributed by atoms with Gasteiger partial charge in [-0.3, -0.25) is 9.09 Å². The van der Waals surface area contributed by atoms with Crippen molar-refractivity contribution in [2.45, 2.75) is 43.9 Å². The van der Waals surface area contributed by atoms with E-state index in [9.17, 15) is 9.46 Å². The maximum Gasteiger partial charge on any atom is 0.405 e. The molecule has 3 fully saturated rings. The molecule has 3 N–H and O–H groups in total. The summed E-state index contributed by atoms with van der Waals surface area (Å²) in [5.41, 5.74) is 6.49. The molecule has 3 saturated heterocycles. The fourth-order valence-electron chi connectivity index (χ4n) is 4.11. The summed E-state index contributed by atoms with van der Waals surface area (Å²) >= 11 is 0. The number of halogens is 1. The van der Waals surface area contributed by atoms with Crippen LogP contribution in [0, 0.1) is 0 Å². The Kier molecular flexibility index (Phi) is 5.26. The maximum atomic E-state index is 16.1. The summed E-state index contributed by atoms with van der Waals surface area (Å²) < 4.78 is 59.2. The first-order valence-electron chi connectivity index (χ1n) is 10.1. The van der Waals surface area contributed by atoms with Crippen LogP contribution in [-0.4, -0.2) is 85.8 Å². The molecule has 15 heteroatoms. The van der Waals surface area contributed by atoms with Gasteiger partial charge >= 0.3 is 7.75 Å². The van der Waals surface area contributed by atoms with E-state index < -0.39 is 44.4 Å². The van der Waals surface area contributed by atoms with Crippen molar-refractivity contribution in [3.05, 3.63) is 12.7 Å². The summed E-state index contributed by atoms with van der Waals surface area (Å²) in [5, 5.41) is 0. The Morgan fingerprint density at radius 1 is 1.28 bits per heavy atom. The molecule has 0 amide bonds. The molecular weight excluding hydrogens is 450 g/mol. The second kappa shape index (κ2) is 7.64. The lowest BCUT2D eigenvalue weighted by Crippen LogP contribution is -2.44. The van der Waals surface area contributed by atoms with Crippen molar-refractivity contribution in [2.75, 3.05) is 38.6 Å². The third kappa shape index (κ3) is 3.70. The van der Waals surface area contributed by atoms with Gasteiger partial charge in [-0.25, -0.2) is 28.6 Å². The number of nitrogens with two attached hydrogens (primary N) is 1. The van der Waals surface area contributed by atoms with Crippen molar-refractivity contribution >= 4 is 24.7 Å². The first kappa shape index (κ1) is 22.0. The predicted molar refractivity (Wildman–Crippen MR) is 106 cm³/mol. The molecule has 32 heavy (non-hydrogen) atoms. The highest BCUT2D eigenvalue weighted by atomic mass is 31.2. The molecule has 5 atom stereocenters. The van der Waals surface area contributed by atoms with E-state index in [0.717, 1.165) is 0 Å². The molecule has 2 aromatic rings. The topological polar surface area (TPSA) is 156 Å². The predicted octanol–water partition coefficient (Wildman–Crippen LogP) is 0.572. The summed E-state index contributed by atoms with van der Waals surface area (Å²) in [5.74, 6) is -3.54. The molecule has 5 heterocycles. The third-order valence-corrected chi connectivity index (χ3v) is 7.17. The number of morpholine rings is 1. The van der Waals surface area contributed by atoms with Crippen molar-refractivity contribution < 1.29 is 37.3 Å². The number of fused-ring (bicyclic) bond motifs is 2. The summed E-state index contributed by atoms with van der Waals surface area (Å²) in [7, 11) is -4.28. The monoisotopic (exact) mass is 474 g/mol. The Balaban J connectivity index is 1.43. The van der Waals surface area contributed by atoms with Gasteiger partial charge in [0.25, 0.3) is 5.85 Å². The summed E-state index contributed by atoms with van der Waals surface area (Å²) in [4.78, 5) is 22.6. The number of alkyl halides is 1. The van der Waals surface area contributed by atoms with Crippen LogP contribution in [0.2, 0.25) is 0 Å². The van der Waals surface area contributed by atoms with Gasteiger partial charge in [-0.1, -0.05) is 0 Å². The number of ether oxygens (including phenoxy) is 4. The third-order valence-electron chi connectivity index (χ3n) is 5.59. The number of anilines is 1. The largest absolute Gasteiger partial charge is 0.405 e. The van der Waals surface area contributed by atoms with Crippen LogP contribution in [0.1, 0.15) is 20.1 Å². The van der Waals surface area contributed by atoms with Crippen LogP contribution in [0.3, 0.4) is 0 Å². The van der Waals surface area contributed by atoms with Crippen LogP contribution in [0.4, 0.5) is 10.2 Å². The van der Waals surface area contributed by atoms with E-state index in [1.165, 1.54) is 21.9 Å². The fraction of sp³-hybridized carbons (Fsp3) is 0.706. The highest BCUT2D eigenvalue weighted by Gasteiger charge is 2.65. The normalized spacial score (nSPS) is 34.6. The molecule has 1 unspecified atom stereocenters. The maximum absolute atomic E-state index is 16.1. The number of hydrogen-bond acceptors (Lipinski definition) is 10. The molecule has 5 rings (SSSR count). The number of nitrogens with zero attached hydrogens (tertiary/aromatic N) is 5. The summed E-state index contributed by atoms with van der Waals surface area (Å²) in [6.07, 6.45) is -0.536. The fourth-order valence-corrected chi connectivity index (χ4v) is 5.29. The molecule has 0 spiro atoms. The van der Waals surface area contributed by atoms with Crippen molar-refractivity contribution in [3.63, 3.8) is 0 Å². The van der Waals surface area contributed by atoms with Crippen molar-refractivity contribution in [1.29, 1.82) is 0 Å². The molecule has 0 aromatic carbocycles. The minimum absolute atomic E-state index is 0.161. The first-order chi connectivity index (χ1) is 15.1. The minimum atomic E-state index is -4.28. The van der Waals surface area contributed by atoms with Crippen LogP contribution in [0.25, 0.3) is 11.2 Å². The van der Waals surface area contributed by atoms with Gasteiger partial charge in [-0.05, 0) is 13.8 Å². The average molecular weight is 474 g/mol. The average Bonchev–Trinajstić information content (AvgIpc) is 3.39.